The third-order valence-corrected chi connectivity index (χ3v) is 5.09. The maximum atomic E-state index is 12.7. The van der Waals surface area contributed by atoms with Gasteiger partial charge in [-0.25, -0.2) is 4.98 Å². The summed E-state index contributed by atoms with van der Waals surface area (Å²) in [6.07, 6.45) is 0.548. The monoisotopic (exact) mass is 316 g/mol. The summed E-state index contributed by atoms with van der Waals surface area (Å²) in [4.78, 5) is 20.2. The lowest BCUT2D eigenvalue weighted by molar-refractivity contribution is -0.166. The van der Waals surface area contributed by atoms with E-state index in [1.165, 1.54) is 0 Å². The van der Waals surface area contributed by atoms with Crippen molar-refractivity contribution in [2.24, 2.45) is 11.1 Å². The minimum atomic E-state index is -0.925. The average Bonchev–Trinajstić information content (AvgIpc) is 2.86. The summed E-state index contributed by atoms with van der Waals surface area (Å²) in [6, 6.07) is 5.60. The van der Waals surface area contributed by atoms with Gasteiger partial charge in [0.2, 0.25) is 5.91 Å². The summed E-state index contributed by atoms with van der Waals surface area (Å²) in [5.74, 6) is 0.674. The normalized spacial score (nSPS) is 26.0. The van der Waals surface area contributed by atoms with Crippen LogP contribution >= 0.6 is 0 Å². The average molecular weight is 316 g/mol. The summed E-state index contributed by atoms with van der Waals surface area (Å²) in [7, 11) is 0. The minimum Gasteiger partial charge on any atom is -0.378 e. The molecule has 1 amide bonds. The van der Waals surface area contributed by atoms with E-state index in [1.807, 2.05) is 45.9 Å². The predicted molar refractivity (Wildman–Crippen MR) is 90.2 cm³/mol. The number of carbonyl (C=O) groups is 1. The van der Waals surface area contributed by atoms with Crippen LogP contribution in [-0.2, 0) is 9.53 Å². The summed E-state index contributed by atoms with van der Waals surface area (Å²) in [5.41, 5.74) is 7.56. The van der Waals surface area contributed by atoms with E-state index in [9.17, 15) is 4.79 Å². The zero-order valence-corrected chi connectivity index (χ0v) is 14.1. The van der Waals surface area contributed by atoms with Crippen LogP contribution in [0, 0.1) is 12.3 Å². The summed E-state index contributed by atoms with van der Waals surface area (Å²) < 4.78 is 5.68. The number of rotatable bonds is 4. The lowest BCUT2D eigenvalue weighted by atomic mass is 9.54. The van der Waals surface area contributed by atoms with E-state index in [-0.39, 0.29) is 12.0 Å². The molecule has 0 radical (unpaired) electrons. The van der Waals surface area contributed by atoms with Gasteiger partial charge in [0.05, 0.1) is 17.1 Å². The molecule has 1 heterocycles. The Hall–Kier alpha value is -1.92. The van der Waals surface area contributed by atoms with Crippen molar-refractivity contribution in [1.82, 2.24) is 9.97 Å². The van der Waals surface area contributed by atoms with Crippen LogP contribution in [0.15, 0.2) is 18.2 Å². The summed E-state index contributed by atoms with van der Waals surface area (Å²) >= 11 is 0. The smallest absolute Gasteiger partial charge is 0.245 e. The number of nitrogens with one attached hydrogen (secondary N) is 2. The van der Waals surface area contributed by atoms with Crippen molar-refractivity contribution < 1.29 is 9.53 Å². The second-order valence-corrected chi connectivity index (χ2v) is 6.85. The van der Waals surface area contributed by atoms with Crippen molar-refractivity contribution >= 4 is 22.6 Å². The van der Waals surface area contributed by atoms with Crippen molar-refractivity contribution in [2.45, 2.75) is 45.8 Å². The van der Waals surface area contributed by atoms with E-state index in [0.29, 0.717) is 18.7 Å². The number of amides is 1. The van der Waals surface area contributed by atoms with Crippen LogP contribution < -0.4 is 11.1 Å². The van der Waals surface area contributed by atoms with Gasteiger partial charge in [-0.2, -0.15) is 0 Å². The van der Waals surface area contributed by atoms with Gasteiger partial charge in [0, 0.05) is 24.1 Å². The Kier molecular flexibility index (Phi) is 3.69. The van der Waals surface area contributed by atoms with E-state index in [1.54, 1.807) is 0 Å². The molecule has 0 aliphatic heterocycles. The van der Waals surface area contributed by atoms with Crippen LogP contribution in [0.3, 0.4) is 0 Å². The molecule has 6 nitrogen and oxygen atoms in total. The van der Waals surface area contributed by atoms with E-state index >= 15 is 0 Å². The van der Waals surface area contributed by atoms with Crippen molar-refractivity contribution in [3.05, 3.63) is 24.0 Å². The number of anilines is 1. The Morgan fingerprint density at radius 3 is 2.91 bits per heavy atom. The van der Waals surface area contributed by atoms with Gasteiger partial charge in [-0.3, -0.25) is 4.79 Å². The molecule has 2 atom stereocenters. The molecule has 4 N–H and O–H groups in total. The molecular formula is C17H24N4O2. The molecule has 6 heteroatoms. The number of ether oxygens (including phenoxy) is 1. The van der Waals surface area contributed by atoms with Crippen LogP contribution in [0.1, 0.15) is 33.0 Å². The number of fused-ring (bicyclic) bond motifs is 1. The highest BCUT2D eigenvalue weighted by Gasteiger charge is 2.62. The Labute approximate surface area is 135 Å². The predicted octanol–water partition coefficient (Wildman–Crippen LogP) is 2.34. The number of hydrogen-bond donors (Lipinski definition) is 3. The summed E-state index contributed by atoms with van der Waals surface area (Å²) in [6.45, 7) is 8.45. The largest absolute Gasteiger partial charge is 0.378 e. The summed E-state index contributed by atoms with van der Waals surface area (Å²) in [5, 5.41) is 2.94. The quantitative estimate of drug-likeness (QED) is 0.807. The molecule has 1 aliphatic carbocycles. The highest BCUT2D eigenvalue weighted by atomic mass is 16.5. The molecule has 1 saturated carbocycles. The molecule has 2 aromatic rings. The molecule has 1 aliphatic rings. The van der Waals surface area contributed by atoms with Gasteiger partial charge < -0.3 is 20.8 Å². The van der Waals surface area contributed by atoms with Crippen molar-refractivity contribution in [3.8, 4) is 0 Å². The number of aryl methyl sites for hydroxylation is 1. The van der Waals surface area contributed by atoms with Crippen LogP contribution in [0.25, 0.3) is 11.0 Å². The highest BCUT2D eigenvalue weighted by Crippen LogP contribution is 2.50. The number of carbonyl (C=O) groups excluding carboxylic acids is 1. The van der Waals surface area contributed by atoms with Crippen molar-refractivity contribution in [3.63, 3.8) is 0 Å². The molecule has 23 heavy (non-hydrogen) atoms. The highest BCUT2D eigenvalue weighted by molar-refractivity contribution is 6.00. The lowest BCUT2D eigenvalue weighted by Crippen LogP contribution is -2.74. The Morgan fingerprint density at radius 1 is 1.52 bits per heavy atom. The number of hydrogen-bond acceptors (Lipinski definition) is 4. The Morgan fingerprint density at radius 2 is 2.26 bits per heavy atom. The van der Waals surface area contributed by atoms with Gasteiger partial charge in [0.15, 0.2) is 0 Å². The van der Waals surface area contributed by atoms with Gasteiger partial charge in [-0.1, -0.05) is 13.8 Å². The van der Waals surface area contributed by atoms with Gasteiger partial charge in [0.25, 0.3) is 0 Å². The molecule has 2 unspecified atom stereocenters. The minimum absolute atomic E-state index is 0.0148. The number of imidazole rings is 1. The first-order chi connectivity index (χ1) is 10.8. The fourth-order valence-corrected chi connectivity index (χ4v) is 3.28. The molecule has 0 spiro atoms. The Bertz CT molecular complexity index is 752. The van der Waals surface area contributed by atoms with Gasteiger partial charge in [0.1, 0.15) is 11.4 Å². The number of aromatic amines is 1. The first-order valence-corrected chi connectivity index (χ1v) is 7.96. The van der Waals surface area contributed by atoms with Crippen LogP contribution in [0.5, 0.6) is 0 Å². The third-order valence-electron chi connectivity index (χ3n) is 5.09. The Balaban J connectivity index is 1.78. The van der Waals surface area contributed by atoms with E-state index in [0.717, 1.165) is 16.9 Å². The lowest BCUT2D eigenvalue weighted by Gasteiger charge is -2.57. The molecule has 0 bridgehead atoms. The first-order valence-electron chi connectivity index (χ1n) is 7.96. The maximum absolute atomic E-state index is 12.7. The second kappa shape index (κ2) is 5.32. The van der Waals surface area contributed by atoms with Crippen LogP contribution in [0.2, 0.25) is 0 Å². The van der Waals surface area contributed by atoms with Crippen LogP contribution in [-0.4, -0.2) is 34.1 Å². The number of nitrogens with two attached hydrogens (primary N) is 1. The molecular weight excluding hydrogens is 292 g/mol. The second-order valence-electron chi connectivity index (χ2n) is 6.85. The molecule has 1 aromatic carbocycles. The van der Waals surface area contributed by atoms with E-state index < -0.39 is 11.0 Å². The standard InChI is InChI=1S/C17H24N4O2/c1-5-23-14-9-17(18,16(14,3)4)15(22)21-11-6-7-12-13(8-11)20-10(2)19-12/h6-8,14H,5,9,18H2,1-4H3,(H,19,20)(H,21,22). The van der Waals surface area contributed by atoms with Crippen molar-refractivity contribution in [1.29, 1.82) is 0 Å². The fourth-order valence-electron chi connectivity index (χ4n) is 3.28. The maximum Gasteiger partial charge on any atom is 0.245 e. The number of H-pyrrole nitrogens is 1. The SMILES string of the molecule is CCOC1CC(N)(C(=O)Nc2ccc3nc(C)[nH]c3c2)C1(C)C. The van der Waals surface area contributed by atoms with Crippen molar-refractivity contribution in [2.75, 3.05) is 11.9 Å². The molecule has 0 saturated heterocycles. The van der Waals surface area contributed by atoms with Crippen LogP contribution in [0.4, 0.5) is 5.69 Å². The van der Waals surface area contributed by atoms with E-state index in [4.69, 9.17) is 10.5 Å². The molecule has 1 fully saturated rings. The topological polar surface area (TPSA) is 93.0 Å². The molecule has 1 aromatic heterocycles. The molecule has 124 valence electrons. The third kappa shape index (κ3) is 2.42. The van der Waals surface area contributed by atoms with E-state index in [2.05, 4.69) is 15.3 Å². The number of benzene rings is 1. The first kappa shape index (κ1) is 16.0. The zero-order valence-electron chi connectivity index (χ0n) is 14.1. The fraction of sp³-hybridized carbons (Fsp3) is 0.529. The number of aromatic nitrogens is 2. The van der Waals surface area contributed by atoms with Gasteiger partial charge in [-0.05, 0) is 32.0 Å². The zero-order chi connectivity index (χ0) is 16.8. The molecule has 3 rings (SSSR count). The van der Waals surface area contributed by atoms with Gasteiger partial charge in [-0.15, -0.1) is 0 Å². The number of nitrogens with zero attached hydrogens (tertiary/aromatic N) is 1. The van der Waals surface area contributed by atoms with Gasteiger partial charge >= 0.3 is 0 Å².